The van der Waals surface area contributed by atoms with Crippen LogP contribution in [0.4, 0.5) is 5.69 Å². The average Bonchev–Trinajstić information content (AvgIpc) is 2.37. The smallest absolute Gasteiger partial charge is 0.251 e. The molecular formula is C16H26ClN3O2. The summed E-state index contributed by atoms with van der Waals surface area (Å²) >= 11 is 0. The molecule has 0 radical (unpaired) electrons. The number of amides is 2. The second-order valence-electron chi connectivity index (χ2n) is 6.17. The van der Waals surface area contributed by atoms with Gasteiger partial charge in [-0.3, -0.25) is 9.59 Å². The zero-order valence-corrected chi connectivity index (χ0v) is 14.4. The normalized spacial score (nSPS) is 12.0. The van der Waals surface area contributed by atoms with Crippen LogP contribution < -0.4 is 16.4 Å². The van der Waals surface area contributed by atoms with E-state index in [0.29, 0.717) is 17.7 Å². The number of anilines is 1. The number of carbonyl (C=O) groups is 2. The van der Waals surface area contributed by atoms with Crippen LogP contribution in [0.1, 0.15) is 50.9 Å². The van der Waals surface area contributed by atoms with Gasteiger partial charge in [-0.2, -0.15) is 0 Å². The molecule has 0 saturated heterocycles. The number of halogens is 1. The maximum Gasteiger partial charge on any atom is 0.251 e. The molecule has 0 heterocycles. The summed E-state index contributed by atoms with van der Waals surface area (Å²) in [6.07, 6.45) is 1.48. The molecule has 1 aromatic rings. The third kappa shape index (κ3) is 6.91. The first kappa shape index (κ1) is 20.4. The highest BCUT2D eigenvalue weighted by atomic mass is 35.5. The zero-order chi connectivity index (χ0) is 16.0. The standard InChI is InChI=1S/C16H25N3O2.ClH/c1-5-7-13(17)15(21)18-12-9-6-8-11(10-12)14(20)19-16(2,3)4;/h6,8-10,13H,5,7,17H2,1-4H3,(H,18,21)(H,19,20);1H. The Hall–Kier alpha value is -1.59. The maximum atomic E-state index is 12.1. The minimum Gasteiger partial charge on any atom is -0.347 e. The molecule has 6 heteroatoms. The van der Waals surface area contributed by atoms with Gasteiger partial charge in [0.05, 0.1) is 6.04 Å². The van der Waals surface area contributed by atoms with Crippen molar-refractivity contribution < 1.29 is 9.59 Å². The van der Waals surface area contributed by atoms with Gasteiger partial charge in [-0.15, -0.1) is 12.4 Å². The summed E-state index contributed by atoms with van der Waals surface area (Å²) in [5.74, 6) is -0.401. The Bertz CT molecular complexity index is 512. The van der Waals surface area contributed by atoms with E-state index in [-0.39, 0.29) is 29.8 Å². The van der Waals surface area contributed by atoms with Crippen LogP contribution in [-0.2, 0) is 4.79 Å². The largest absolute Gasteiger partial charge is 0.347 e. The van der Waals surface area contributed by atoms with E-state index in [1.165, 1.54) is 0 Å². The highest BCUT2D eigenvalue weighted by Crippen LogP contribution is 2.12. The number of hydrogen-bond donors (Lipinski definition) is 3. The third-order valence-electron chi connectivity index (χ3n) is 2.82. The van der Waals surface area contributed by atoms with E-state index in [4.69, 9.17) is 5.73 Å². The molecule has 0 aliphatic heterocycles. The molecule has 1 atom stereocenters. The summed E-state index contributed by atoms with van der Waals surface area (Å²) in [5, 5.41) is 5.62. The van der Waals surface area contributed by atoms with Crippen LogP contribution in [0.3, 0.4) is 0 Å². The Morgan fingerprint density at radius 2 is 1.91 bits per heavy atom. The Labute approximate surface area is 138 Å². The van der Waals surface area contributed by atoms with Crippen LogP contribution in [0.5, 0.6) is 0 Å². The lowest BCUT2D eigenvalue weighted by molar-refractivity contribution is -0.117. The van der Waals surface area contributed by atoms with Crippen molar-refractivity contribution in [2.24, 2.45) is 5.73 Å². The van der Waals surface area contributed by atoms with E-state index in [2.05, 4.69) is 10.6 Å². The van der Waals surface area contributed by atoms with Gasteiger partial charge in [0.25, 0.3) is 5.91 Å². The zero-order valence-electron chi connectivity index (χ0n) is 13.6. The van der Waals surface area contributed by atoms with Crippen molar-refractivity contribution in [2.45, 2.75) is 52.1 Å². The van der Waals surface area contributed by atoms with Crippen LogP contribution >= 0.6 is 12.4 Å². The van der Waals surface area contributed by atoms with E-state index in [0.717, 1.165) is 6.42 Å². The van der Waals surface area contributed by atoms with E-state index in [1.807, 2.05) is 27.7 Å². The highest BCUT2D eigenvalue weighted by Gasteiger charge is 2.16. The molecule has 1 unspecified atom stereocenters. The van der Waals surface area contributed by atoms with Gasteiger partial charge in [0.1, 0.15) is 0 Å². The first-order valence-corrected chi connectivity index (χ1v) is 7.22. The van der Waals surface area contributed by atoms with E-state index in [9.17, 15) is 9.59 Å². The fourth-order valence-electron chi connectivity index (χ4n) is 1.83. The molecule has 0 saturated carbocycles. The molecule has 0 aliphatic carbocycles. The Kier molecular flexibility index (Phi) is 8.12. The summed E-state index contributed by atoms with van der Waals surface area (Å²) in [4.78, 5) is 24.0. The van der Waals surface area contributed by atoms with Gasteiger partial charge in [0.2, 0.25) is 5.91 Å². The molecule has 0 fully saturated rings. The molecule has 1 rings (SSSR count). The van der Waals surface area contributed by atoms with Gasteiger partial charge in [0, 0.05) is 16.8 Å². The summed E-state index contributed by atoms with van der Waals surface area (Å²) in [6.45, 7) is 7.73. The lowest BCUT2D eigenvalue weighted by Crippen LogP contribution is -2.40. The first-order chi connectivity index (χ1) is 9.73. The highest BCUT2D eigenvalue weighted by molar-refractivity contribution is 5.98. The molecule has 22 heavy (non-hydrogen) atoms. The molecule has 5 nitrogen and oxygen atoms in total. The van der Waals surface area contributed by atoms with E-state index in [1.54, 1.807) is 24.3 Å². The Balaban J connectivity index is 0.00000441. The summed E-state index contributed by atoms with van der Waals surface area (Å²) < 4.78 is 0. The van der Waals surface area contributed by atoms with Gasteiger partial charge in [-0.25, -0.2) is 0 Å². The molecule has 0 spiro atoms. The summed E-state index contributed by atoms with van der Waals surface area (Å²) in [6, 6.07) is 6.31. The molecule has 1 aromatic carbocycles. The molecule has 2 amide bonds. The van der Waals surface area contributed by atoms with Gasteiger partial charge < -0.3 is 16.4 Å². The Morgan fingerprint density at radius 1 is 1.27 bits per heavy atom. The lowest BCUT2D eigenvalue weighted by Gasteiger charge is -2.20. The first-order valence-electron chi connectivity index (χ1n) is 7.22. The predicted octanol–water partition coefficient (Wildman–Crippen LogP) is 2.70. The van der Waals surface area contributed by atoms with Crippen LogP contribution in [0.15, 0.2) is 24.3 Å². The van der Waals surface area contributed by atoms with E-state index < -0.39 is 6.04 Å². The van der Waals surface area contributed by atoms with Crippen molar-refractivity contribution in [2.75, 3.05) is 5.32 Å². The predicted molar refractivity (Wildman–Crippen MR) is 92.4 cm³/mol. The average molecular weight is 328 g/mol. The maximum absolute atomic E-state index is 12.1. The second kappa shape index (κ2) is 8.76. The fourth-order valence-corrected chi connectivity index (χ4v) is 1.83. The van der Waals surface area contributed by atoms with Crippen LogP contribution in [0.25, 0.3) is 0 Å². The van der Waals surface area contributed by atoms with Crippen molar-refractivity contribution in [3.05, 3.63) is 29.8 Å². The quantitative estimate of drug-likeness (QED) is 0.777. The van der Waals surface area contributed by atoms with Gasteiger partial charge in [-0.1, -0.05) is 19.4 Å². The number of nitrogens with one attached hydrogen (secondary N) is 2. The van der Waals surface area contributed by atoms with Gasteiger partial charge in [-0.05, 0) is 45.4 Å². The van der Waals surface area contributed by atoms with Gasteiger partial charge in [0.15, 0.2) is 0 Å². The van der Waals surface area contributed by atoms with Crippen LogP contribution in [-0.4, -0.2) is 23.4 Å². The molecule has 4 N–H and O–H groups in total. The summed E-state index contributed by atoms with van der Waals surface area (Å²) in [5.41, 5.74) is 6.54. The van der Waals surface area contributed by atoms with E-state index >= 15 is 0 Å². The second-order valence-corrected chi connectivity index (χ2v) is 6.17. The van der Waals surface area contributed by atoms with Crippen molar-refractivity contribution >= 4 is 29.9 Å². The van der Waals surface area contributed by atoms with Crippen molar-refractivity contribution in [3.63, 3.8) is 0 Å². The molecular weight excluding hydrogens is 302 g/mol. The number of benzene rings is 1. The van der Waals surface area contributed by atoms with Gasteiger partial charge >= 0.3 is 0 Å². The summed E-state index contributed by atoms with van der Waals surface area (Å²) in [7, 11) is 0. The van der Waals surface area contributed by atoms with Crippen molar-refractivity contribution in [1.29, 1.82) is 0 Å². The number of rotatable bonds is 5. The molecule has 0 aliphatic rings. The minimum absolute atomic E-state index is 0. The monoisotopic (exact) mass is 327 g/mol. The number of nitrogens with two attached hydrogens (primary N) is 1. The Morgan fingerprint density at radius 3 is 2.45 bits per heavy atom. The lowest BCUT2D eigenvalue weighted by atomic mass is 10.1. The SMILES string of the molecule is CCCC(N)C(=O)Nc1cccc(C(=O)NC(C)(C)C)c1.Cl. The van der Waals surface area contributed by atoms with Crippen LogP contribution in [0.2, 0.25) is 0 Å². The minimum atomic E-state index is -0.526. The molecule has 0 aromatic heterocycles. The van der Waals surface area contributed by atoms with Crippen LogP contribution in [0, 0.1) is 0 Å². The van der Waals surface area contributed by atoms with Crippen molar-refractivity contribution in [1.82, 2.24) is 5.32 Å². The third-order valence-corrected chi connectivity index (χ3v) is 2.82. The van der Waals surface area contributed by atoms with Crippen molar-refractivity contribution in [3.8, 4) is 0 Å². The fraction of sp³-hybridized carbons (Fsp3) is 0.500. The topological polar surface area (TPSA) is 84.2 Å². The molecule has 124 valence electrons. The number of hydrogen-bond acceptors (Lipinski definition) is 3. The number of carbonyl (C=O) groups excluding carboxylic acids is 2. The molecule has 0 bridgehead atoms.